The second-order valence-electron chi connectivity index (χ2n) is 6.06. The normalized spacial score (nSPS) is 22.7. The van der Waals surface area contributed by atoms with Crippen molar-refractivity contribution < 1.29 is 9.53 Å². The molecule has 1 saturated carbocycles. The van der Waals surface area contributed by atoms with Crippen LogP contribution in [0.15, 0.2) is 24.3 Å². The number of ether oxygens (including phenoxy) is 1. The first-order valence-electron chi connectivity index (χ1n) is 7.92. The van der Waals surface area contributed by atoms with Gasteiger partial charge in [0.15, 0.2) is 5.78 Å². The Morgan fingerprint density at radius 3 is 2.40 bits per heavy atom. The summed E-state index contributed by atoms with van der Waals surface area (Å²) in [5.74, 6) is 0.920. The van der Waals surface area contributed by atoms with Gasteiger partial charge in [0.25, 0.3) is 0 Å². The number of ketones is 1. The van der Waals surface area contributed by atoms with Gasteiger partial charge in [0.05, 0.1) is 6.10 Å². The highest BCUT2D eigenvalue weighted by molar-refractivity contribution is 5.97. The van der Waals surface area contributed by atoms with Gasteiger partial charge in [-0.3, -0.25) is 4.79 Å². The van der Waals surface area contributed by atoms with Crippen LogP contribution in [0.5, 0.6) is 0 Å². The first kappa shape index (κ1) is 15.2. The van der Waals surface area contributed by atoms with Crippen molar-refractivity contribution in [2.24, 2.45) is 5.92 Å². The Bertz CT molecular complexity index is 414. The SMILES string of the molecule is CCCc1ccc(C(=O)COC2CCC(C)CC2)cc1. The van der Waals surface area contributed by atoms with Crippen molar-refractivity contribution in [2.75, 3.05) is 6.61 Å². The maximum absolute atomic E-state index is 12.1. The molecular formula is C18H26O2. The molecule has 2 heteroatoms. The molecule has 0 heterocycles. The number of carbonyl (C=O) groups is 1. The lowest BCUT2D eigenvalue weighted by molar-refractivity contribution is 0.0217. The lowest BCUT2D eigenvalue weighted by Crippen LogP contribution is -2.23. The van der Waals surface area contributed by atoms with E-state index in [4.69, 9.17) is 4.74 Å². The molecule has 1 fully saturated rings. The van der Waals surface area contributed by atoms with E-state index in [1.807, 2.05) is 12.1 Å². The minimum absolute atomic E-state index is 0.103. The molecule has 20 heavy (non-hydrogen) atoms. The number of carbonyl (C=O) groups excluding carboxylic acids is 1. The molecule has 1 aromatic rings. The van der Waals surface area contributed by atoms with Crippen LogP contribution in [-0.4, -0.2) is 18.5 Å². The predicted octanol–water partition coefficient (Wildman–Crippen LogP) is 4.42. The lowest BCUT2D eigenvalue weighted by atomic mass is 9.89. The molecule has 0 aromatic heterocycles. The van der Waals surface area contributed by atoms with Gasteiger partial charge in [-0.05, 0) is 43.6 Å². The Labute approximate surface area is 122 Å². The van der Waals surface area contributed by atoms with Crippen LogP contribution in [0.2, 0.25) is 0 Å². The molecule has 0 bridgehead atoms. The van der Waals surface area contributed by atoms with Crippen LogP contribution >= 0.6 is 0 Å². The second kappa shape index (κ2) is 7.58. The van der Waals surface area contributed by atoms with Gasteiger partial charge in [0.2, 0.25) is 0 Å². The summed E-state index contributed by atoms with van der Waals surface area (Å²) < 4.78 is 5.78. The number of Topliss-reactive ketones (excluding diaryl/α,β-unsaturated/α-hetero) is 1. The molecular weight excluding hydrogens is 248 g/mol. The van der Waals surface area contributed by atoms with Crippen LogP contribution in [0.1, 0.15) is 61.9 Å². The molecule has 110 valence electrons. The van der Waals surface area contributed by atoms with E-state index in [0.29, 0.717) is 0 Å². The molecule has 2 nitrogen and oxygen atoms in total. The average Bonchev–Trinajstić information content (AvgIpc) is 2.47. The third-order valence-corrected chi connectivity index (χ3v) is 4.23. The fraction of sp³-hybridized carbons (Fsp3) is 0.611. The minimum atomic E-state index is 0.103. The summed E-state index contributed by atoms with van der Waals surface area (Å²) in [6.07, 6.45) is 7.15. The summed E-state index contributed by atoms with van der Waals surface area (Å²) >= 11 is 0. The smallest absolute Gasteiger partial charge is 0.188 e. The van der Waals surface area contributed by atoms with E-state index in [-0.39, 0.29) is 18.5 Å². The molecule has 1 aliphatic rings. The van der Waals surface area contributed by atoms with Crippen molar-refractivity contribution in [2.45, 2.75) is 58.5 Å². The summed E-state index contributed by atoms with van der Waals surface area (Å²) in [6.45, 7) is 4.68. The molecule has 0 atom stereocenters. The summed E-state index contributed by atoms with van der Waals surface area (Å²) in [4.78, 5) is 12.1. The number of hydrogen-bond acceptors (Lipinski definition) is 2. The summed E-state index contributed by atoms with van der Waals surface area (Å²) in [5.41, 5.74) is 2.07. The Morgan fingerprint density at radius 2 is 1.80 bits per heavy atom. The van der Waals surface area contributed by atoms with Gasteiger partial charge < -0.3 is 4.74 Å². The van der Waals surface area contributed by atoms with E-state index >= 15 is 0 Å². The van der Waals surface area contributed by atoms with Crippen LogP contribution < -0.4 is 0 Å². The van der Waals surface area contributed by atoms with Gasteiger partial charge in [-0.25, -0.2) is 0 Å². The van der Waals surface area contributed by atoms with Gasteiger partial charge in [-0.15, -0.1) is 0 Å². The third kappa shape index (κ3) is 4.45. The Balaban J connectivity index is 1.79. The zero-order valence-corrected chi connectivity index (χ0v) is 12.7. The van der Waals surface area contributed by atoms with E-state index < -0.39 is 0 Å². The van der Waals surface area contributed by atoms with E-state index in [0.717, 1.165) is 37.2 Å². The van der Waals surface area contributed by atoms with Gasteiger partial charge in [0.1, 0.15) is 6.61 Å². The highest BCUT2D eigenvalue weighted by Gasteiger charge is 2.19. The van der Waals surface area contributed by atoms with Crippen LogP contribution in [-0.2, 0) is 11.2 Å². The monoisotopic (exact) mass is 274 g/mol. The minimum Gasteiger partial charge on any atom is -0.370 e. The lowest BCUT2D eigenvalue weighted by Gasteiger charge is -2.25. The molecule has 0 N–H and O–H groups in total. The van der Waals surface area contributed by atoms with Crippen LogP contribution in [0.4, 0.5) is 0 Å². The van der Waals surface area contributed by atoms with Crippen molar-refractivity contribution in [3.8, 4) is 0 Å². The number of hydrogen-bond donors (Lipinski definition) is 0. The van der Waals surface area contributed by atoms with Crippen LogP contribution in [0, 0.1) is 5.92 Å². The number of rotatable bonds is 6. The molecule has 2 rings (SSSR count). The van der Waals surface area contributed by atoms with Gasteiger partial charge >= 0.3 is 0 Å². The standard InChI is InChI=1S/C18H26O2/c1-3-4-15-7-9-16(10-8-15)18(19)13-20-17-11-5-14(2)6-12-17/h7-10,14,17H,3-6,11-13H2,1-2H3. The van der Waals surface area contributed by atoms with Crippen LogP contribution in [0.3, 0.4) is 0 Å². The van der Waals surface area contributed by atoms with Crippen molar-refractivity contribution in [1.82, 2.24) is 0 Å². The zero-order valence-electron chi connectivity index (χ0n) is 12.7. The van der Waals surface area contributed by atoms with Crippen LogP contribution in [0.25, 0.3) is 0 Å². The first-order chi connectivity index (χ1) is 9.69. The highest BCUT2D eigenvalue weighted by Crippen LogP contribution is 2.25. The largest absolute Gasteiger partial charge is 0.370 e. The van der Waals surface area contributed by atoms with Gasteiger partial charge in [0, 0.05) is 5.56 Å². The summed E-state index contributed by atoms with van der Waals surface area (Å²) in [5, 5.41) is 0. The molecule has 0 aliphatic heterocycles. The molecule has 0 unspecified atom stereocenters. The molecule has 0 amide bonds. The topological polar surface area (TPSA) is 26.3 Å². The number of benzene rings is 1. The van der Waals surface area contributed by atoms with E-state index in [2.05, 4.69) is 26.0 Å². The highest BCUT2D eigenvalue weighted by atomic mass is 16.5. The average molecular weight is 274 g/mol. The van der Waals surface area contributed by atoms with Crippen molar-refractivity contribution >= 4 is 5.78 Å². The van der Waals surface area contributed by atoms with Crippen molar-refractivity contribution in [3.63, 3.8) is 0 Å². The fourth-order valence-electron chi connectivity index (χ4n) is 2.82. The molecule has 0 spiro atoms. The maximum atomic E-state index is 12.1. The van der Waals surface area contributed by atoms with E-state index in [1.165, 1.54) is 18.4 Å². The van der Waals surface area contributed by atoms with Gasteiger partial charge in [-0.1, -0.05) is 44.5 Å². The van der Waals surface area contributed by atoms with Crippen molar-refractivity contribution in [1.29, 1.82) is 0 Å². The molecule has 0 radical (unpaired) electrons. The molecule has 1 aromatic carbocycles. The molecule has 0 saturated heterocycles. The summed E-state index contributed by atoms with van der Waals surface area (Å²) in [7, 11) is 0. The zero-order chi connectivity index (χ0) is 14.4. The van der Waals surface area contributed by atoms with E-state index in [1.54, 1.807) is 0 Å². The quantitative estimate of drug-likeness (QED) is 0.718. The summed E-state index contributed by atoms with van der Waals surface area (Å²) in [6, 6.07) is 7.97. The number of aryl methyl sites for hydroxylation is 1. The first-order valence-corrected chi connectivity index (χ1v) is 7.92. The molecule has 1 aliphatic carbocycles. The third-order valence-electron chi connectivity index (χ3n) is 4.23. The Morgan fingerprint density at radius 1 is 1.15 bits per heavy atom. The fourth-order valence-corrected chi connectivity index (χ4v) is 2.82. The Hall–Kier alpha value is -1.15. The Kier molecular flexibility index (Phi) is 5.78. The van der Waals surface area contributed by atoms with E-state index in [9.17, 15) is 4.79 Å². The van der Waals surface area contributed by atoms with Gasteiger partial charge in [-0.2, -0.15) is 0 Å². The maximum Gasteiger partial charge on any atom is 0.188 e. The second-order valence-corrected chi connectivity index (χ2v) is 6.06. The van der Waals surface area contributed by atoms with Crippen molar-refractivity contribution in [3.05, 3.63) is 35.4 Å². The predicted molar refractivity (Wildman–Crippen MR) is 82.1 cm³/mol.